The van der Waals surface area contributed by atoms with E-state index in [9.17, 15) is 5.11 Å². The molecule has 0 atom stereocenters. The van der Waals surface area contributed by atoms with Crippen LogP contribution in [-0.2, 0) is 6.42 Å². The SMILES string of the molecule is N=C(CCc1ccccc1)c1c(O)ccc2ccccc12. The molecule has 0 aliphatic rings. The quantitative estimate of drug-likeness (QED) is 0.674. The molecule has 0 fully saturated rings. The molecule has 2 N–H and O–H groups in total. The molecule has 2 heteroatoms. The number of phenols is 1. The van der Waals surface area contributed by atoms with Gasteiger partial charge in [-0.3, -0.25) is 0 Å². The standard InChI is InChI=1S/C19H17NO/c20-17(12-10-14-6-2-1-3-7-14)19-16-9-5-4-8-15(16)11-13-18(19)21/h1-9,11,13,20-21H,10,12H2. The van der Waals surface area contributed by atoms with E-state index in [0.29, 0.717) is 17.7 Å². The Morgan fingerprint density at radius 3 is 2.38 bits per heavy atom. The van der Waals surface area contributed by atoms with E-state index in [1.807, 2.05) is 48.5 Å². The first-order valence-electron chi connectivity index (χ1n) is 7.08. The third-order valence-corrected chi connectivity index (χ3v) is 3.72. The average Bonchev–Trinajstić information content (AvgIpc) is 2.53. The highest BCUT2D eigenvalue weighted by Crippen LogP contribution is 2.28. The van der Waals surface area contributed by atoms with Gasteiger partial charge in [-0.25, -0.2) is 0 Å². The van der Waals surface area contributed by atoms with E-state index in [1.54, 1.807) is 6.07 Å². The molecule has 0 heterocycles. The minimum atomic E-state index is 0.187. The lowest BCUT2D eigenvalue weighted by Gasteiger charge is -2.10. The zero-order chi connectivity index (χ0) is 14.7. The number of rotatable bonds is 4. The first-order valence-corrected chi connectivity index (χ1v) is 7.08. The van der Waals surface area contributed by atoms with Crippen LogP contribution in [0, 0.1) is 5.41 Å². The second-order valence-corrected chi connectivity index (χ2v) is 5.14. The number of hydrogen-bond donors (Lipinski definition) is 2. The predicted octanol–water partition coefficient (Wildman–Crippen LogP) is 4.55. The van der Waals surface area contributed by atoms with Crippen molar-refractivity contribution in [2.45, 2.75) is 12.8 Å². The van der Waals surface area contributed by atoms with Crippen LogP contribution in [-0.4, -0.2) is 10.8 Å². The summed E-state index contributed by atoms with van der Waals surface area (Å²) < 4.78 is 0. The maximum Gasteiger partial charge on any atom is 0.125 e. The molecule has 21 heavy (non-hydrogen) atoms. The molecule has 104 valence electrons. The van der Waals surface area contributed by atoms with E-state index in [-0.39, 0.29) is 5.75 Å². The highest BCUT2D eigenvalue weighted by Gasteiger charge is 2.11. The van der Waals surface area contributed by atoms with Gasteiger partial charge in [0.15, 0.2) is 0 Å². The van der Waals surface area contributed by atoms with Gasteiger partial charge in [0.25, 0.3) is 0 Å². The number of benzene rings is 3. The highest BCUT2D eigenvalue weighted by molar-refractivity contribution is 6.11. The number of aromatic hydroxyl groups is 1. The van der Waals surface area contributed by atoms with Gasteiger partial charge in [0, 0.05) is 11.3 Å². The van der Waals surface area contributed by atoms with Crippen molar-refractivity contribution in [1.82, 2.24) is 0 Å². The van der Waals surface area contributed by atoms with Crippen LogP contribution in [0.25, 0.3) is 10.8 Å². The lowest BCUT2D eigenvalue weighted by atomic mass is 9.96. The summed E-state index contributed by atoms with van der Waals surface area (Å²) in [4.78, 5) is 0. The smallest absolute Gasteiger partial charge is 0.125 e. The molecule has 3 aromatic rings. The first kappa shape index (κ1) is 13.4. The summed E-state index contributed by atoms with van der Waals surface area (Å²) in [7, 11) is 0. The molecule has 0 spiro atoms. The fourth-order valence-electron chi connectivity index (χ4n) is 2.62. The summed E-state index contributed by atoms with van der Waals surface area (Å²) in [5, 5.41) is 20.5. The van der Waals surface area contributed by atoms with Gasteiger partial charge in [-0.2, -0.15) is 0 Å². The predicted molar refractivity (Wildman–Crippen MR) is 87.2 cm³/mol. The Labute approximate surface area is 124 Å². The van der Waals surface area contributed by atoms with Crippen LogP contribution in [0.1, 0.15) is 17.5 Å². The molecule has 0 saturated heterocycles. The van der Waals surface area contributed by atoms with Gasteiger partial charge in [0.2, 0.25) is 0 Å². The van der Waals surface area contributed by atoms with Crippen molar-refractivity contribution in [3.05, 3.63) is 77.9 Å². The van der Waals surface area contributed by atoms with Crippen molar-refractivity contribution in [3.8, 4) is 5.75 Å². The summed E-state index contributed by atoms with van der Waals surface area (Å²) in [5.41, 5.74) is 2.35. The maximum atomic E-state index is 10.1. The Morgan fingerprint density at radius 1 is 0.857 bits per heavy atom. The second-order valence-electron chi connectivity index (χ2n) is 5.14. The number of nitrogens with one attached hydrogen (secondary N) is 1. The molecule has 0 aliphatic carbocycles. The molecule has 0 saturated carbocycles. The summed E-state index contributed by atoms with van der Waals surface area (Å²) in [6.07, 6.45) is 1.42. The summed E-state index contributed by atoms with van der Waals surface area (Å²) in [6.45, 7) is 0. The Kier molecular flexibility index (Phi) is 3.69. The number of fused-ring (bicyclic) bond motifs is 1. The van der Waals surface area contributed by atoms with Gasteiger partial charge in [-0.05, 0) is 35.2 Å². The van der Waals surface area contributed by atoms with Gasteiger partial charge in [-0.1, -0.05) is 60.7 Å². The Morgan fingerprint density at radius 2 is 1.57 bits per heavy atom. The zero-order valence-corrected chi connectivity index (χ0v) is 11.7. The molecule has 0 amide bonds. The third kappa shape index (κ3) is 2.79. The normalized spacial score (nSPS) is 10.7. The average molecular weight is 275 g/mol. The molecule has 0 unspecified atom stereocenters. The van der Waals surface area contributed by atoms with Crippen LogP contribution in [0.5, 0.6) is 5.75 Å². The molecular formula is C19H17NO. The van der Waals surface area contributed by atoms with Crippen molar-refractivity contribution in [1.29, 1.82) is 5.41 Å². The van der Waals surface area contributed by atoms with Crippen LogP contribution in [0.3, 0.4) is 0 Å². The van der Waals surface area contributed by atoms with Gasteiger partial charge in [0.05, 0.1) is 0 Å². The molecule has 0 aliphatic heterocycles. The largest absolute Gasteiger partial charge is 0.507 e. The molecule has 3 aromatic carbocycles. The fourth-order valence-corrected chi connectivity index (χ4v) is 2.62. The first-order chi connectivity index (χ1) is 10.3. The third-order valence-electron chi connectivity index (χ3n) is 3.72. The number of hydrogen-bond acceptors (Lipinski definition) is 2. The van der Waals surface area contributed by atoms with Crippen LogP contribution in [0.2, 0.25) is 0 Å². The molecule has 0 bridgehead atoms. The van der Waals surface area contributed by atoms with Crippen molar-refractivity contribution < 1.29 is 5.11 Å². The molecule has 0 radical (unpaired) electrons. The zero-order valence-electron chi connectivity index (χ0n) is 11.7. The topological polar surface area (TPSA) is 44.1 Å². The fraction of sp³-hybridized carbons (Fsp3) is 0.105. The second kappa shape index (κ2) is 5.80. The van der Waals surface area contributed by atoms with Crippen LogP contribution >= 0.6 is 0 Å². The molecule has 3 rings (SSSR count). The monoisotopic (exact) mass is 275 g/mol. The summed E-state index contributed by atoms with van der Waals surface area (Å²) in [5.74, 6) is 0.187. The van der Waals surface area contributed by atoms with Crippen LogP contribution in [0.4, 0.5) is 0 Å². The number of phenolic OH excluding ortho intramolecular Hbond substituents is 1. The van der Waals surface area contributed by atoms with E-state index in [4.69, 9.17) is 5.41 Å². The van der Waals surface area contributed by atoms with E-state index < -0.39 is 0 Å². The van der Waals surface area contributed by atoms with Crippen molar-refractivity contribution in [2.75, 3.05) is 0 Å². The van der Waals surface area contributed by atoms with Crippen molar-refractivity contribution >= 4 is 16.5 Å². The lowest BCUT2D eigenvalue weighted by molar-refractivity contribution is 0.475. The molecular weight excluding hydrogens is 258 g/mol. The lowest BCUT2D eigenvalue weighted by Crippen LogP contribution is -2.03. The van der Waals surface area contributed by atoms with Crippen LogP contribution in [0.15, 0.2) is 66.7 Å². The van der Waals surface area contributed by atoms with E-state index >= 15 is 0 Å². The van der Waals surface area contributed by atoms with Gasteiger partial charge in [-0.15, -0.1) is 0 Å². The minimum Gasteiger partial charge on any atom is -0.507 e. The number of aryl methyl sites for hydroxylation is 1. The van der Waals surface area contributed by atoms with Crippen molar-refractivity contribution in [2.24, 2.45) is 0 Å². The summed E-state index contributed by atoms with van der Waals surface area (Å²) >= 11 is 0. The van der Waals surface area contributed by atoms with Crippen LogP contribution < -0.4 is 0 Å². The Hall–Kier alpha value is -2.61. The maximum absolute atomic E-state index is 10.1. The molecule has 2 nitrogen and oxygen atoms in total. The minimum absolute atomic E-state index is 0.187. The van der Waals surface area contributed by atoms with Gasteiger partial charge >= 0.3 is 0 Å². The highest BCUT2D eigenvalue weighted by atomic mass is 16.3. The van der Waals surface area contributed by atoms with E-state index in [1.165, 1.54) is 5.56 Å². The van der Waals surface area contributed by atoms with E-state index in [0.717, 1.165) is 17.2 Å². The van der Waals surface area contributed by atoms with Gasteiger partial charge in [0.1, 0.15) is 5.75 Å². The summed E-state index contributed by atoms with van der Waals surface area (Å²) in [6, 6.07) is 21.6. The van der Waals surface area contributed by atoms with Gasteiger partial charge < -0.3 is 10.5 Å². The van der Waals surface area contributed by atoms with E-state index in [2.05, 4.69) is 12.1 Å². The Bertz CT molecular complexity index is 778. The van der Waals surface area contributed by atoms with Crippen molar-refractivity contribution in [3.63, 3.8) is 0 Å². The Balaban J connectivity index is 1.89. The molecule has 0 aromatic heterocycles.